The van der Waals surface area contributed by atoms with Gasteiger partial charge >= 0.3 is 0 Å². The second-order valence-electron chi connectivity index (χ2n) is 5.27. The van der Waals surface area contributed by atoms with Crippen LogP contribution in [0.2, 0.25) is 0 Å². The highest BCUT2D eigenvalue weighted by atomic mass is 15.3. The zero-order valence-electron chi connectivity index (χ0n) is 12.0. The molecule has 2 aromatic rings. The Morgan fingerprint density at radius 3 is 3.00 bits per heavy atom. The van der Waals surface area contributed by atoms with Crippen LogP contribution in [0.4, 0.5) is 5.95 Å². The number of aromatic nitrogens is 3. The molecule has 0 aromatic carbocycles. The molecule has 0 atom stereocenters. The molecule has 6 nitrogen and oxygen atoms in total. The monoisotopic (exact) mass is 274 g/mol. The average molecular weight is 274 g/mol. The summed E-state index contributed by atoms with van der Waals surface area (Å²) in [7, 11) is 0. The molecule has 20 heavy (non-hydrogen) atoms. The van der Waals surface area contributed by atoms with E-state index in [1.54, 1.807) is 0 Å². The minimum atomic E-state index is 0.722. The molecule has 3 rings (SSSR count). The number of fused-ring (bicyclic) bond motifs is 1. The van der Waals surface area contributed by atoms with Crippen LogP contribution in [0.15, 0.2) is 18.3 Å². The fourth-order valence-corrected chi connectivity index (χ4v) is 2.55. The Labute approximate surface area is 119 Å². The van der Waals surface area contributed by atoms with Crippen LogP contribution in [-0.2, 0) is 0 Å². The SMILES string of the molecule is Cc1cccn2nc(NCCCN3CCNCC3)nc12. The van der Waals surface area contributed by atoms with Crippen molar-refractivity contribution in [3.8, 4) is 0 Å². The molecule has 2 aromatic heterocycles. The number of rotatable bonds is 5. The van der Waals surface area contributed by atoms with Crippen LogP contribution in [0.3, 0.4) is 0 Å². The van der Waals surface area contributed by atoms with Crippen molar-refractivity contribution in [1.29, 1.82) is 0 Å². The van der Waals surface area contributed by atoms with Crippen molar-refractivity contribution in [3.05, 3.63) is 23.9 Å². The Balaban J connectivity index is 1.48. The van der Waals surface area contributed by atoms with E-state index in [1.165, 1.54) is 0 Å². The topological polar surface area (TPSA) is 57.5 Å². The number of hydrogen-bond acceptors (Lipinski definition) is 5. The van der Waals surface area contributed by atoms with Crippen LogP contribution in [0.25, 0.3) is 5.65 Å². The van der Waals surface area contributed by atoms with Gasteiger partial charge in [0.05, 0.1) is 0 Å². The third kappa shape index (κ3) is 3.08. The molecule has 0 unspecified atom stereocenters. The van der Waals surface area contributed by atoms with Crippen molar-refractivity contribution >= 4 is 11.6 Å². The van der Waals surface area contributed by atoms with Crippen LogP contribution < -0.4 is 10.6 Å². The molecule has 2 N–H and O–H groups in total. The van der Waals surface area contributed by atoms with Gasteiger partial charge in [-0.25, -0.2) is 4.52 Å². The first kappa shape index (κ1) is 13.3. The number of aryl methyl sites for hydroxylation is 1. The molecule has 1 saturated heterocycles. The van der Waals surface area contributed by atoms with E-state index < -0.39 is 0 Å². The largest absolute Gasteiger partial charge is 0.353 e. The minimum Gasteiger partial charge on any atom is -0.353 e. The molecule has 6 heteroatoms. The third-order valence-electron chi connectivity index (χ3n) is 3.70. The van der Waals surface area contributed by atoms with E-state index in [2.05, 4.69) is 38.6 Å². The van der Waals surface area contributed by atoms with E-state index in [9.17, 15) is 0 Å². The van der Waals surface area contributed by atoms with Crippen molar-refractivity contribution in [2.45, 2.75) is 13.3 Å². The fourth-order valence-electron chi connectivity index (χ4n) is 2.55. The Kier molecular flexibility index (Phi) is 4.13. The van der Waals surface area contributed by atoms with Crippen molar-refractivity contribution in [3.63, 3.8) is 0 Å². The van der Waals surface area contributed by atoms with E-state index in [4.69, 9.17) is 0 Å². The maximum atomic E-state index is 4.51. The Hall–Kier alpha value is -1.66. The molecular weight excluding hydrogens is 252 g/mol. The zero-order chi connectivity index (χ0) is 13.8. The summed E-state index contributed by atoms with van der Waals surface area (Å²) in [6.07, 6.45) is 3.05. The molecule has 1 aliphatic heterocycles. The maximum Gasteiger partial charge on any atom is 0.243 e. The lowest BCUT2D eigenvalue weighted by atomic mass is 10.3. The van der Waals surface area contributed by atoms with Gasteiger partial charge in [-0.1, -0.05) is 6.07 Å². The van der Waals surface area contributed by atoms with Crippen LogP contribution in [0.5, 0.6) is 0 Å². The summed E-state index contributed by atoms with van der Waals surface area (Å²) in [5.41, 5.74) is 2.07. The van der Waals surface area contributed by atoms with Crippen LogP contribution in [0, 0.1) is 6.92 Å². The first-order valence-corrected chi connectivity index (χ1v) is 7.32. The molecule has 0 amide bonds. The molecule has 108 valence electrons. The molecule has 0 radical (unpaired) electrons. The highest BCUT2D eigenvalue weighted by Gasteiger charge is 2.09. The van der Waals surface area contributed by atoms with E-state index in [1.807, 2.05) is 16.8 Å². The number of pyridine rings is 1. The minimum absolute atomic E-state index is 0.722. The van der Waals surface area contributed by atoms with E-state index in [0.717, 1.165) is 62.8 Å². The first-order chi connectivity index (χ1) is 9.83. The summed E-state index contributed by atoms with van der Waals surface area (Å²) in [5, 5.41) is 11.1. The van der Waals surface area contributed by atoms with Gasteiger partial charge in [0.25, 0.3) is 0 Å². The summed E-state index contributed by atoms with van der Waals surface area (Å²) in [5.74, 6) is 0.722. The molecular formula is C14H22N6. The summed E-state index contributed by atoms with van der Waals surface area (Å²) < 4.78 is 1.83. The van der Waals surface area contributed by atoms with Crippen molar-refractivity contribution in [2.24, 2.45) is 0 Å². The number of anilines is 1. The molecule has 3 heterocycles. The lowest BCUT2D eigenvalue weighted by Gasteiger charge is -2.26. The highest BCUT2D eigenvalue weighted by molar-refractivity contribution is 5.49. The predicted molar refractivity (Wildman–Crippen MR) is 80.1 cm³/mol. The maximum absolute atomic E-state index is 4.51. The van der Waals surface area contributed by atoms with Gasteiger partial charge in [0.1, 0.15) is 0 Å². The van der Waals surface area contributed by atoms with Crippen molar-refractivity contribution in [1.82, 2.24) is 24.8 Å². The summed E-state index contributed by atoms with van der Waals surface area (Å²) >= 11 is 0. The molecule has 0 bridgehead atoms. The van der Waals surface area contributed by atoms with E-state index >= 15 is 0 Å². The number of piperazine rings is 1. The summed E-state index contributed by atoms with van der Waals surface area (Å²) in [6, 6.07) is 4.05. The standard InChI is InChI=1S/C14H22N6/c1-12-4-2-9-20-13(12)17-14(18-20)16-5-3-8-19-10-6-15-7-11-19/h2,4,9,15H,3,5-8,10-11H2,1H3,(H,16,18). The van der Waals surface area contributed by atoms with Gasteiger partial charge in [0, 0.05) is 38.9 Å². The lowest BCUT2D eigenvalue weighted by Crippen LogP contribution is -2.44. The van der Waals surface area contributed by atoms with Gasteiger partial charge in [-0.05, 0) is 31.5 Å². The Morgan fingerprint density at radius 2 is 2.20 bits per heavy atom. The predicted octanol–water partition coefficient (Wildman–Crippen LogP) is 0.745. The van der Waals surface area contributed by atoms with Crippen molar-refractivity contribution in [2.75, 3.05) is 44.6 Å². The second kappa shape index (κ2) is 6.19. The lowest BCUT2D eigenvalue weighted by molar-refractivity contribution is 0.240. The number of nitrogens with one attached hydrogen (secondary N) is 2. The highest BCUT2D eigenvalue weighted by Crippen LogP contribution is 2.09. The first-order valence-electron chi connectivity index (χ1n) is 7.32. The van der Waals surface area contributed by atoms with Gasteiger partial charge in [0.2, 0.25) is 5.95 Å². The Bertz CT molecular complexity index is 558. The van der Waals surface area contributed by atoms with Gasteiger partial charge in [0.15, 0.2) is 5.65 Å². The fraction of sp³-hybridized carbons (Fsp3) is 0.571. The smallest absolute Gasteiger partial charge is 0.243 e. The van der Waals surface area contributed by atoms with E-state index in [0.29, 0.717) is 0 Å². The van der Waals surface area contributed by atoms with Crippen LogP contribution in [0.1, 0.15) is 12.0 Å². The van der Waals surface area contributed by atoms with Gasteiger partial charge in [-0.3, -0.25) is 0 Å². The number of hydrogen-bond donors (Lipinski definition) is 2. The van der Waals surface area contributed by atoms with Gasteiger partial charge < -0.3 is 15.5 Å². The average Bonchev–Trinajstić information content (AvgIpc) is 2.89. The molecule has 1 fully saturated rings. The normalized spacial score (nSPS) is 16.6. The molecule has 1 aliphatic rings. The molecule has 0 spiro atoms. The van der Waals surface area contributed by atoms with Crippen LogP contribution >= 0.6 is 0 Å². The molecule has 0 aliphatic carbocycles. The summed E-state index contributed by atoms with van der Waals surface area (Å²) in [6.45, 7) is 8.65. The van der Waals surface area contributed by atoms with Gasteiger partial charge in [-0.2, -0.15) is 4.98 Å². The van der Waals surface area contributed by atoms with Crippen LogP contribution in [-0.4, -0.2) is 58.8 Å². The van der Waals surface area contributed by atoms with Gasteiger partial charge in [-0.15, -0.1) is 5.10 Å². The quantitative estimate of drug-likeness (QED) is 0.788. The number of nitrogens with zero attached hydrogens (tertiary/aromatic N) is 4. The zero-order valence-corrected chi connectivity index (χ0v) is 12.0. The second-order valence-corrected chi connectivity index (χ2v) is 5.27. The van der Waals surface area contributed by atoms with Crippen molar-refractivity contribution < 1.29 is 0 Å². The molecule has 0 saturated carbocycles. The van der Waals surface area contributed by atoms with E-state index in [-0.39, 0.29) is 0 Å². The Morgan fingerprint density at radius 1 is 1.35 bits per heavy atom. The summed E-state index contributed by atoms with van der Waals surface area (Å²) in [4.78, 5) is 7.01. The third-order valence-corrected chi connectivity index (χ3v) is 3.70.